The molecule has 0 aliphatic carbocycles. The number of nitrogens with zero attached hydrogens (tertiary/aromatic N) is 4. The van der Waals surface area contributed by atoms with Crippen LogP contribution in [0.2, 0.25) is 0 Å². The number of hydrogen-bond acceptors (Lipinski definition) is 5. The summed E-state index contributed by atoms with van der Waals surface area (Å²) in [5.74, 6) is 0.544. The molecule has 2 heterocycles. The predicted octanol–water partition coefficient (Wildman–Crippen LogP) is 1.44. The Labute approximate surface area is 117 Å². The molecule has 1 aromatic rings. The summed E-state index contributed by atoms with van der Waals surface area (Å²) in [5.41, 5.74) is 0.0147. The van der Waals surface area contributed by atoms with Crippen LogP contribution < -0.4 is 4.90 Å². The van der Waals surface area contributed by atoms with Gasteiger partial charge in [0.15, 0.2) is 0 Å². The van der Waals surface area contributed by atoms with Crippen LogP contribution in [0.3, 0.4) is 0 Å². The Hall–Kier alpha value is -2.18. The van der Waals surface area contributed by atoms with E-state index in [1.54, 1.807) is 12.3 Å². The van der Waals surface area contributed by atoms with Crippen molar-refractivity contribution in [2.45, 2.75) is 19.8 Å². The van der Waals surface area contributed by atoms with Gasteiger partial charge in [-0.15, -0.1) is 0 Å². The molecule has 7 nitrogen and oxygen atoms in total. The van der Waals surface area contributed by atoms with E-state index in [0.29, 0.717) is 38.4 Å². The molecule has 0 atom stereocenters. The second kappa shape index (κ2) is 6.31. The van der Waals surface area contributed by atoms with Crippen molar-refractivity contribution in [3.05, 3.63) is 28.4 Å². The quantitative estimate of drug-likeness (QED) is 0.615. The first-order valence-corrected chi connectivity index (χ1v) is 6.75. The molecule has 0 radical (unpaired) electrons. The van der Waals surface area contributed by atoms with Crippen LogP contribution in [0.4, 0.5) is 11.5 Å². The van der Waals surface area contributed by atoms with Crippen molar-refractivity contribution < 1.29 is 9.72 Å². The highest BCUT2D eigenvalue weighted by molar-refractivity contribution is 5.76. The minimum atomic E-state index is -0.420. The van der Waals surface area contributed by atoms with E-state index >= 15 is 0 Å². The Kier molecular flexibility index (Phi) is 4.49. The summed E-state index contributed by atoms with van der Waals surface area (Å²) in [7, 11) is 0. The van der Waals surface area contributed by atoms with Gasteiger partial charge in [0.05, 0.1) is 4.92 Å². The highest BCUT2D eigenvalue weighted by Crippen LogP contribution is 2.25. The molecule has 1 aromatic heterocycles. The first-order chi connectivity index (χ1) is 9.63. The van der Waals surface area contributed by atoms with Gasteiger partial charge in [-0.1, -0.05) is 6.92 Å². The number of nitro groups is 1. The lowest BCUT2D eigenvalue weighted by molar-refractivity contribution is -0.384. The Bertz CT molecular complexity index is 498. The van der Waals surface area contributed by atoms with Crippen molar-refractivity contribution in [2.75, 3.05) is 31.1 Å². The molecule has 1 aliphatic heterocycles. The molecule has 20 heavy (non-hydrogen) atoms. The third kappa shape index (κ3) is 3.04. The zero-order chi connectivity index (χ0) is 14.5. The molecule has 108 valence electrons. The zero-order valence-corrected chi connectivity index (χ0v) is 11.5. The van der Waals surface area contributed by atoms with E-state index in [1.807, 2.05) is 16.7 Å². The molecule has 0 N–H and O–H groups in total. The molecular weight excluding hydrogens is 260 g/mol. The van der Waals surface area contributed by atoms with E-state index in [1.165, 1.54) is 6.07 Å². The summed E-state index contributed by atoms with van der Waals surface area (Å²) in [6.45, 7) is 4.31. The Morgan fingerprint density at radius 1 is 1.40 bits per heavy atom. The van der Waals surface area contributed by atoms with E-state index in [2.05, 4.69) is 4.98 Å². The lowest BCUT2D eigenvalue weighted by Crippen LogP contribution is -2.49. The van der Waals surface area contributed by atoms with Crippen LogP contribution in [0.1, 0.15) is 19.8 Å². The first kappa shape index (κ1) is 14.2. The van der Waals surface area contributed by atoms with Gasteiger partial charge in [-0.2, -0.15) is 0 Å². The minimum Gasteiger partial charge on any atom is -0.347 e. The highest BCUT2D eigenvalue weighted by Gasteiger charge is 2.26. The van der Waals surface area contributed by atoms with E-state index in [9.17, 15) is 14.9 Å². The molecule has 0 bridgehead atoms. The van der Waals surface area contributed by atoms with Crippen molar-refractivity contribution in [3.8, 4) is 0 Å². The largest absolute Gasteiger partial charge is 0.347 e. The van der Waals surface area contributed by atoms with Gasteiger partial charge in [-0.3, -0.25) is 14.9 Å². The smallest absolute Gasteiger partial charge is 0.311 e. The van der Waals surface area contributed by atoms with Gasteiger partial charge >= 0.3 is 5.69 Å². The van der Waals surface area contributed by atoms with Crippen LogP contribution in [0, 0.1) is 10.1 Å². The van der Waals surface area contributed by atoms with Crippen LogP contribution in [0.25, 0.3) is 0 Å². The number of pyridine rings is 1. The maximum atomic E-state index is 11.8. The average molecular weight is 278 g/mol. The van der Waals surface area contributed by atoms with E-state index < -0.39 is 4.92 Å². The molecule has 0 saturated carbocycles. The first-order valence-electron chi connectivity index (χ1n) is 6.75. The molecule has 0 spiro atoms. The van der Waals surface area contributed by atoms with Gasteiger partial charge in [-0.05, 0) is 12.5 Å². The molecule has 1 aliphatic rings. The summed E-state index contributed by atoms with van der Waals surface area (Å²) in [5, 5.41) is 11.0. The lowest BCUT2D eigenvalue weighted by atomic mass is 10.2. The normalized spacial score (nSPS) is 15.2. The fourth-order valence-corrected chi connectivity index (χ4v) is 2.31. The fourth-order valence-electron chi connectivity index (χ4n) is 2.31. The maximum Gasteiger partial charge on any atom is 0.311 e. The summed E-state index contributed by atoms with van der Waals surface area (Å²) in [6.07, 6.45) is 2.95. The number of piperazine rings is 1. The number of amides is 1. The van der Waals surface area contributed by atoms with Crippen LogP contribution in [-0.2, 0) is 4.79 Å². The van der Waals surface area contributed by atoms with Gasteiger partial charge in [-0.25, -0.2) is 4.98 Å². The molecular formula is C13H18N4O3. The number of rotatable bonds is 4. The third-order valence-electron chi connectivity index (χ3n) is 3.36. The number of aromatic nitrogens is 1. The predicted molar refractivity (Wildman–Crippen MR) is 74.6 cm³/mol. The Morgan fingerprint density at radius 3 is 2.70 bits per heavy atom. The van der Waals surface area contributed by atoms with E-state index in [-0.39, 0.29) is 11.6 Å². The van der Waals surface area contributed by atoms with Gasteiger partial charge in [0.1, 0.15) is 0 Å². The molecule has 1 fully saturated rings. The van der Waals surface area contributed by atoms with E-state index in [4.69, 9.17) is 0 Å². The van der Waals surface area contributed by atoms with Crippen LogP contribution >= 0.6 is 0 Å². The summed E-state index contributed by atoms with van der Waals surface area (Å²) in [6, 6.07) is 3.01. The molecule has 7 heteroatoms. The van der Waals surface area contributed by atoms with Crippen molar-refractivity contribution in [1.82, 2.24) is 9.88 Å². The average Bonchev–Trinajstić information content (AvgIpc) is 2.47. The van der Waals surface area contributed by atoms with Crippen molar-refractivity contribution >= 4 is 17.4 Å². The minimum absolute atomic E-state index is 0.0147. The van der Waals surface area contributed by atoms with Crippen molar-refractivity contribution in [2.24, 2.45) is 0 Å². The van der Waals surface area contributed by atoms with Crippen molar-refractivity contribution in [3.63, 3.8) is 0 Å². The number of anilines is 1. The molecule has 0 aromatic carbocycles. The van der Waals surface area contributed by atoms with Gasteiger partial charge in [0.2, 0.25) is 11.7 Å². The van der Waals surface area contributed by atoms with Crippen LogP contribution in [-0.4, -0.2) is 46.9 Å². The topological polar surface area (TPSA) is 79.6 Å². The molecule has 2 rings (SSSR count). The van der Waals surface area contributed by atoms with Crippen LogP contribution in [0.5, 0.6) is 0 Å². The number of carbonyl (C=O) groups is 1. The fraction of sp³-hybridized carbons (Fsp3) is 0.538. The van der Waals surface area contributed by atoms with Crippen molar-refractivity contribution in [1.29, 1.82) is 0 Å². The second-order valence-electron chi connectivity index (χ2n) is 4.72. The Morgan fingerprint density at radius 2 is 2.10 bits per heavy atom. The summed E-state index contributed by atoms with van der Waals surface area (Å²) < 4.78 is 0. The van der Waals surface area contributed by atoms with Gasteiger partial charge in [0.25, 0.3) is 0 Å². The summed E-state index contributed by atoms with van der Waals surface area (Å²) in [4.78, 5) is 30.2. The SMILES string of the molecule is CCCC(=O)N1CCN(c2ncccc2[N+](=O)[O-])CC1. The highest BCUT2D eigenvalue weighted by atomic mass is 16.6. The zero-order valence-electron chi connectivity index (χ0n) is 11.5. The molecule has 1 saturated heterocycles. The Balaban J connectivity index is 2.04. The van der Waals surface area contributed by atoms with Crippen LogP contribution in [0.15, 0.2) is 18.3 Å². The monoisotopic (exact) mass is 278 g/mol. The van der Waals surface area contributed by atoms with E-state index in [0.717, 1.165) is 6.42 Å². The molecule has 0 unspecified atom stereocenters. The third-order valence-corrected chi connectivity index (χ3v) is 3.36. The lowest BCUT2D eigenvalue weighted by Gasteiger charge is -2.35. The maximum absolute atomic E-state index is 11.8. The van der Waals surface area contributed by atoms with Gasteiger partial charge in [0, 0.05) is 44.9 Å². The number of carbonyl (C=O) groups excluding carboxylic acids is 1. The summed E-state index contributed by atoms with van der Waals surface area (Å²) >= 11 is 0. The molecule has 1 amide bonds. The second-order valence-corrected chi connectivity index (χ2v) is 4.72. The number of hydrogen-bond donors (Lipinski definition) is 0. The van der Waals surface area contributed by atoms with Gasteiger partial charge < -0.3 is 9.80 Å². The standard InChI is InChI=1S/C13H18N4O3/c1-2-4-12(18)15-7-9-16(10-8-15)13-11(17(19)20)5-3-6-14-13/h3,5-6H,2,4,7-10H2,1H3.